The number of rotatable bonds is 3. The molecule has 1 heterocycles. The number of carbonyl (C=O) groups excluding carboxylic acids is 1. The normalized spacial score (nSPS) is 20.6. The molecule has 0 aliphatic carbocycles. The summed E-state index contributed by atoms with van der Waals surface area (Å²) in [4.78, 5) is 23.1. The molecule has 0 spiro atoms. The third-order valence-electron chi connectivity index (χ3n) is 3.66. The van der Waals surface area contributed by atoms with Gasteiger partial charge in [0.1, 0.15) is 0 Å². The highest BCUT2D eigenvalue weighted by atomic mass is 28.4. The molecule has 0 unspecified atom stereocenters. The van der Waals surface area contributed by atoms with Crippen molar-refractivity contribution in [2.24, 2.45) is 0 Å². The molecule has 2 amide bonds. The van der Waals surface area contributed by atoms with Crippen molar-refractivity contribution in [2.45, 2.75) is 44.9 Å². The predicted octanol–water partition coefficient (Wildman–Crippen LogP) is 2.45. The van der Waals surface area contributed by atoms with Crippen LogP contribution in [-0.4, -0.2) is 43.0 Å². The van der Waals surface area contributed by atoms with Gasteiger partial charge in [-0.15, -0.1) is 0 Å². The van der Waals surface area contributed by atoms with Gasteiger partial charge in [-0.1, -0.05) is 26.8 Å². The summed E-state index contributed by atoms with van der Waals surface area (Å²) in [5.41, 5.74) is 0. The van der Waals surface area contributed by atoms with Gasteiger partial charge in [-0.2, -0.15) is 0 Å². The van der Waals surface area contributed by atoms with Gasteiger partial charge in [0.2, 0.25) is 0 Å². The fraction of sp³-hybridized carbons (Fsp3) is 0.667. The van der Waals surface area contributed by atoms with Crippen molar-refractivity contribution in [1.82, 2.24) is 4.90 Å². The van der Waals surface area contributed by atoms with E-state index in [-0.39, 0.29) is 11.6 Å². The van der Waals surface area contributed by atoms with Crippen LogP contribution in [0.5, 0.6) is 0 Å². The minimum absolute atomic E-state index is 0.0629. The third kappa shape index (κ3) is 3.00. The van der Waals surface area contributed by atoms with E-state index in [2.05, 4.69) is 33.9 Å². The highest BCUT2D eigenvalue weighted by molar-refractivity contribution is 6.74. The molecule has 1 aliphatic rings. The van der Waals surface area contributed by atoms with Crippen LogP contribution in [0.4, 0.5) is 4.79 Å². The number of hydrogen-bond donors (Lipinski definition) is 1. The summed E-state index contributed by atoms with van der Waals surface area (Å²) in [6.07, 6.45) is 1.64. The number of carboxylic acid groups (broad SMARTS) is 1. The lowest BCUT2D eigenvalue weighted by Gasteiger charge is -2.37. The molecule has 18 heavy (non-hydrogen) atoms. The van der Waals surface area contributed by atoms with Crippen LogP contribution in [0.2, 0.25) is 18.1 Å². The van der Waals surface area contributed by atoms with E-state index in [4.69, 9.17) is 9.53 Å². The van der Waals surface area contributed by atoms with Gasteiger partial charge in [0, 0.05) is 6.08 Å². The number of carbonyl (C=O) groups is 2. The van der Waals surface area contributed by atoms with Gasteiger partial charge >= 0.3 is 6.09 Å². The highest BCUT2D eigenvalue weighted by Gasteiger charge is 2.39. The summed E-state index contributed by atoms with van der Waals surface area (Å²) in [7, 11) is -1.92. The standard InChI is InChI=1S/C12H21NO4Si/c1-12(2,3)18(4,5)17-8-9-6-7-10(14)13(9)11(15)16/h6-7,9H,8H2,1-5H3,(H,15,16)/t9-/m1/s1. The van der Waals surface area contributed by atoms with E-state index in [0.717, 1.165) is 4.90 Å². The zero-order valence-corrected chi connectivity index (χ0v) is 12.6. The van der Waals surface area contributed by atoms with Gasteiger partial charge < -0.3 is 9.53 Å². The summed E-state index contributed by atoms with van der Waals surface area (Å²) >= 11 is 0. The topological polar surface area (TPSA) is 66.8 Å². The maximum atomic E-state index is 11.4. The van der Waals surface area contributed by atoms with Crippen molar-refractivity contribution in [3.05, 3.63) is 12.2 Å². The summed E-state index contributed by atoms with van der Waals surface area (Å²) in [5, 5.41) is 9.03. The molecule has 5 nitrogen and oxygen atoms in total. The Morgan fingerprint density at radius 2 is 2.06 bits per heavy atom. The minimum atomic E-state index is -1.92. The first kappa shape index (κ1) is 14.9. The first-order valence-electron chi connectivity index (χ1n) is 5.94. The summed E-state index contributed by atoms with van der Waals surface area (Å²) in [5.74, 6) is -0.494. The summed E-state index contributed by atoms with van der Waals surface area (Å²) in [6, 6.07) is -0.496. The number of hydrogen-bond acceptors (Lipinski definition) is 3. The maximum Gasteiger partial charge on any atom is 0.414 e. The molecule has 0 aromatic carbocycles. The van der Waals surface area contributed by atoms with Gasteiger partial charge in [-0.05, 0) is 18.1 Å². The molecule has 0 radical (unpaired) electrons. The van der Waals surface area contributed by atoms with Crippen molar-refractivity contribution in [3.8, 4) is 0 Å². The molecule has 0 saturated heterocycles. The molecule has 1 atom stereocenters. The first-order valence-corrected chi connectivity index (χ1v) is 8.85. The van der Waals surface area contributed by atoms with Crippen LogP contribution in [0.15, 0.2) is 12.2 Å². The second-order valence-electron chi connectivity index (χ2n) is 5.99. The van der Waals surface area contributed by atoms with Crippen LogP contribution in [0.3, 0.4) is 0 Å². The molecular weight excluding hydrogens is 250 g/mol. The molecule has 0 fully saturated rings. The maximum absolute atomic E-state index is 11.4. The third-order valence-corrected chi connectivity index (χ3v) is 8.16. The molecule has 0 bridgehead atoms. The quantitative estimate of drug-likeness (QED) is 0.801. The first-order chi connectivity index (χ1) is 8.06. The van der Waals surface area contributed by atoms with Crippen LogP contribution in [-0.2, 0) is 9.22 Å². The van der Waals surface area contributed by atoms with Crippen LogP contribution in [0, 0.1) is 0 Å². The average Bonchev–Trinajstić information content (AvgIpc) is 2.55. The van der Waals surface area contributed by atoms with Crippen molar-refractivity contribution >= 4 is 20.3 Å². The van der Waals surface area contributed by atoms with Crippen LogP contribution in [0.25, 0.3) is 0 Å². The van der Waals surface area contributed by atoms with Crippen LogP contribution < -0.4 is 0 Å². The highest BCUT2D eigenvalue weighted by Crippen LogP contribution is 2.36. The molecular formula is C12H21NO4Si. The van der Waals surface area contributed by atoms with Crippen molar-refractivity contribution < 1.29 is 19.1 Å². The summed E-state index contributed by atoms with van der Waals surface area (Å²) in [6.45, 7) is 10.8. The Hall–Kier alpha value is -1.14. The Balaban J connectivity index is 2.67. The Morgan fingerprint density at radius 1 is 1.50 bits per heavy atom. The van der Waals surface area contributed by atoms with E-state index in [1.807, 2.05) is 0 Å². The van der Waals surface area contributed by atoms with E-state index < -0.39 is 26.4 Å². The largest absolute Gasteiger partial charge is 0.465 e. The second-order valence-corrected chi connectivity index (χ2v) is 10.8. The minimum Gasteiger partial charge on any atom is -0.465 e. The van der Waals surface area contributed by atoms with Gasteiger partial charge in [0.25, 0.3) is 5.91 Å². The Labute approximate surface area is 109 Å². The van der Waals surface area contributed by atoms with Crippen LogP contribution in [0.1, 0.15) is 20.8 Å². The Kier molecular flexibility index (Phi) is 4.02. The van der Waals surface area contributed by atoms with Gasteiger partial charge in [-0.25, -0.2) is 9.69 Å². The zero-order chi connectivity index (χ0) is 14.1. The van der Waals surface area contributed by atoms with E-state index in [0.29, 0.717) is 0 Å². The van der Waals surface area contributed by atoms with E-state index in [9.17, 15) is 9.59 Å². The van der Waals surface area contributed by atoms with Crippen molar-refractivity contribution in [1.29, 1.82) is 0 Å². The summed E-state index contributed by atoms with van der Waals surface area (Å²) < 4.78 is 5.94. The fourth-order valence-electron chi connectivity index (χ4n) is 1.40. The monoisotopic (exact) mass is 271 g/mol. The molecule has 0 saturated carbocycles. The lowest BCUT2D eigenvalue weighted by Crippen LogP contribution is -2.46. The molecule has 6 heteroatoms. The predicted molar refractivity (Wildman–Crippen MR) is 70.9 cm³/mol. The van der Waals surface area contributed by atoms with Crippen molar-refractivity contribution in [3.63, 3.8) is 0 Å². The fourth-order valence-corrected chi connectivity index (χ4v) is 2.42. The molecule has 102 valence electrons. The van der Waals surface area contributed by atoms with E-state index in [1.165, 1.54) is 6.08 Å². The van der Waals surface area contributed by atoms with Gasteiger partial charge in [0.05, 0.1) is 12.6 Å². The number of amides is 2. The Bertz CT molecular complexity index is 384. The average molecular weight is 271 g/mol. The van der Waals surface area contributed by atoms with E-state index in [1.54, 1.807) is 6.08 Å². The molecule has 1 rings (SSSR count). The number of nitrogens with zero attached hydrogens (tertiary/aromatic N) is 1. The molecule has 1 N–H and O–H groups in total. The molecule has 0 aromatic rings. The molecule has 1 aliphatic heterocycles. The SMILES string of the molecule is CC(C)(C)[Si](C)(C)OC[C@H]1C=CC(=O)N1C(=O)O. The molecule has 0 aromatic heterocycles. The van der Waals surface area contributed by atoms with Crippen LogP contribution >= 0.6 is 0 Å². The van der Waals surface area contributed by atoms with Gasteiger partial charge in [0.15, 0.2) is 8.32 Å². The smallest absolute Gasteiger partial charge is 0.414 e. The van der Waals surface area contributed by atoms with Gasteiger partial charge in [-0.3, -0.25) is 4.79 Å². The van der Waals surface area contributed by atoms with Crippen molar-refractivity contribution in [2.75, 3.05) is 6.61 Å². The lowest BCUT2D eigenvalue weighted by atomic mass is 10.2. The second kappa shape index (κ2) is 4.85. The van der Waals surface area contributed by atoms with E-state index >= 15 is 0 Å². The Morgan fingerprint density at radius 3 is 2.50 bits per heavy atom. The lowest BCUT2D eigenvalue weighted by molar-refractivity contribution is -0.124. The number of imide groups is 1. The zero-order valence-electron chi connectivity index (χ0n) is 11.6.